The number of hydrogen-bond donors (Lipinski definition) is 1. The zero-order chi connectivity index (χ0) is 16.1. The fraction of sp³-hybridized carbons (Fsp3) is 0.375. The van der Waals surface area contributed by atoms with Crippen molar-refractivity contribution in [2.75, 3.05) is 13.1 Å². The minimum absolute atomic E-state index is 0.0103. The number of nitrogens with one attached hydrogen (secondary N) is 1. The largest absolute Gasteiger partial charge is 0.349 e. The second-order valence-corrected chi connectivity index (χ2v) is 8.15. The lowest BCUT2D eigenvalue weighted by Gasteiger charge is -2.24. The molecule has 23 heavy (non-hydrogen) atoms. The van der Waals surface area contributed by atoms with Crippen LogP contribution in [-0.4, -0.2) is 42.2 Å². The van der Waals surface area contributed by atoms with Crippen molar-refractivity contribution in [1.82, 2.24) is 14.6 Å². The Balaban J connectivity index is 1.72. The Morgan fingerprint density at radius 3 is 2.78 bits per heavy atom. The summed E-state index contributed by atoms with van der Waals surface area (Å²) in [5, 5.41) is 3.76. The SMILES string of the molecule is O=C1CCC2(CCN(S(=O)(=O)c3cccc4cccnc34)C2)N1. The quantitative estimate of drug-likeness (QED) is 0.899. The summed E-state index contributed by atoms with van der Waals surface area (Å²) in [5.41, 5.74) is 0.105. The van der Waals surface area contributed by atoms with Crippen LogP contribution in [0.5, 0.6) is 0 Å². The summed E-state index contributed by atoms with van der Waals surface area (Å²) >= 11 is 0. The fourth-order valence-corrected chi connectivity index (χ4v) is 5.23. The number of pyridine rings is 1. The van der Waals surface area contributed by atoms with Gasteiger partial charge in [0.2, 0.25) is 15.9 Å². The Morgan fingerprint density at radius 1 is 1.17 bits per heavy atom. The van der Waals surface area contributed by atoms with Gasteiger partial charge in [-0.2, -0.15) is 4.31 Å². The smallest absolute Gasteiger partial charge is 0.245 e. The summed E-state index contributed by atoms with van der Waals surface area (Å²) in [6.45, 7) is 0.760. The summed E-state index contributed by atoms with van der Waals surface area (Å²) < 4.78 is 27.6. The molecule has 2 aromatic rings. The van der Waals surface area contributed by atoms with Crippen LogP contribution in [0, 0.1) is 0 Å². The van der Waals surface area contributed by atoms with Gasteiger partial charge in [0.05, 0.1) is 11.1 Å². The van der Waals surface area contributed by atoms with Gasteiger partial charge in [0.1, 0.15) is 4.90 Å². The van der Waals surface area contributed by atoms with Crippen LogP contribution in [0.4, 0.5) is 0 Å². The molecule has 3 heterocycles. The van der Waals surface area contributed by atoms with Gasteiger partial charge in [-0.05, 0) is 25.0 Å². The van der Waals surface area contributed by atoms with Crippen molar-refractivity contribution in [2.24, 2.45) is 0 Å². The predicted octanol–water partition coefficient (Wildman–Crippen LogP) is 1.28. The third-order valence-corrected chi connectivity index (χ3v) is 6.64. The number of fused-ring (bicyclic) bond motifs is 1. The van der Waals surface area contributed by atoms with E-state index in [9.17, 15) is 13.2 Å². The number of benzene rings is 1. The van der Waals surface area contributed by atoms with Crippen molar-refractivity contribution in [3.05, 3.63) is 36.5 Å². The van der Waals surface area contributed by atoms with Gasteiger partial charge in [-0.3, -0.25) is 9.78 Å². The van der Waals surface area contributed by atoms with Crippen molar-refractivity contribution in [3.8, 4) is 0 Å². The molecule has 6 nitrogen and oxygen atoms in total. The summed E-state index contributed by atoms with van der Waals surface area (Å²) in [6, 6.07) is 8.83. The molecule has 0 bridgehead atoms. The number of amides is 1. The molecule has 7 heteroatoms. The van der Waals surface area contributed by atoms with Crippen molar-refractivity contribution in [3.63, 3.8) is 0 Å². The van der Waals surface area contributed by atoms with Crippen LogP contribution in [0.3, 0.4) is 0 Å². The second kappa shape index (κ2) is 5.01. The normalized spacial score (nSPS) is 25.3. The zero-order valence-corrected chi connectivity index (χ0v) is 13.3. The van der Waals surface area contributed by atoms with E-state index in [0.29, 0.717) is 37.9 Å². The van der Waals surface area contributed by atoms with E-state index < -0.39 is 10.0 Å². The number of carbonyl (C=O) groups excluding carboxylic acids is 1. The maximum absolute atomic E-state index is 13.0. The maximum atomic E-state index is 13.0. The highest BCUT2D eigenvalue weighted by Gasteiger charge is 2.47. The van der Waals surface area contributed by atoms with Gasteiger partial charge >= 0.3 is 0 Å². The molecule has 2 saturated heterocycles. The van der Waals surface area contributed by atoms with E-state index in [4.69, 9.17) is 0 Å². The molecule has 0 aliphatic carbocycles. The molecule has 0 saturated carbocycles. The molecule has 1 amide bonds. The molecule has 120 valence electrons. The van der Waals surface area contributed by atoms with Crippen molar-refractivity contribution in [2.45, 2.75) is 29.7 Å². The van der Waals surface area contributed by atoms with E-state index in [1.165, 1.54) is 4.31 Å². The topological polar surface area (TPSA) is 79.4 Å². The summed E-state index contributed by atoms with van der Waals surface area (Å²) in [5.74, 6) is 0.0103. The number of carbonyl (C=O) groups is 1. The van der Waals surface area contributed by atoms with Crippen LogP contribution in [0.25, 0.3) is 10.9 Å². The van der Waals surface area contributed by atoms with Gasteiger partial charge in [0.25, 0.3) is 0 Å². The molecule has 2 fully saturated rings. The first-order valence-electron chi connectivity index (χ1n) is 7.65. The highest BCUT2D eigenvalue weighted by molar-refractivity contribution is 7.89. The Bertz CT molecular complexity index is 891. The van der Waals surface area contributed by atoms with E-state index in [2.05, 4.69) is 10.3 Å². The minimum atomic E-state index is -3.63. The molecule has 2 aliphatic rings. The van der Waals surface area contributed by atoms with Gasteiger partial charge in [-0.1, -0.05) is 18.2 Å². The predicted molar refractivity (Wildman–Crippen MR) is 85.2 cm³/mol. The van der Waals surface area contributed by atoms with E-state index in [1.807, 2.05) is 12.1 Å². The van der Waals surface area contributed by atoms with Crippen LogP contribution in [-0.2, 0) is 14.8 Å². The number of sulfonamides is 1. The van der Waals surface area contributed by atoms with Crippen LogP contribution in [0.2, 0.25) is 0 Å². The van der Waals surface area contributed by atoms with E-state index in [0.717, 1.165) is 5.39 Å². The van der Waals surface area contributed by atoms with Crippen molar-refractivity contribution in [1.29, 1.82) is 0 Å². The average Bonchev–Trinajstić information content (AvgIpc) is 3.13. The highest BCUT2D eigenvalue weighted by Crippen LogP contribution is 2.34. The number of aromatic nitrogens is 1. The molecule has 1 aromatic heterocycles. The van der Waals surface area contributed by atoms with Crippen LogP contribution in [0.1, 0.15) is 19.3 Å². The zero-order valence-electron chi connectivity index (χ0n) is 12.5. The van der Waals surface area contributed by atoms with Crippen molar-refractivity contribution >= 4 is 26.8 Å². The molecular weight excluding hydrogens is 314 g/mol. The van der Waals surface area contributed by atoms with E-state index in [-0.39, 0.29) is 16.3 Å². The lowest BCUT2D eigenvalue weighted by atomic mass is 9.97. The standard InChI is InChI=1S/C16H17N3O3S/c20-14-6-7-16(18-14)8-10-19(11-16)23(21,22)13-5-1-3-12-4-2-9-17-15(12)13/h1-5,9H,6-8,10-11H2,(H,18,20). The van der Waals surface area contributed by atoms with Gasteiger partial charge in [-0.25, -0.2) is 8.42 Å². The number of rotatable bonds is 2. The van der Waals surface area contributed by atoms with E-state index >= 15 is 0 Å². The third-order valence-electron chi connectivity index (χ3n) is 4.77. The van der Waals surface area contributed by atoms with Gasteiger partial charge in [0, 0.05) is 31.1 Å². The lowest BCUT2D eigenvalue weighted by Crippen LogP contribution is -2.44. The van der Waals surface area contributed by atoms with Crippen molar-refractivity contribution < 1.29 is 13.2 Å². The Hall–Kier alpha value is -1.99. The first-order valence-corrected chi connectivity index (χ1v) is 9.09. The molecule has 1 N–H and O–H groups in total. The molecule has 4 rings (SSSR count). The Labute approximate surface area is 134 Å². The average molecular weight is 331 g/mol. The molecular formula is C16H17N3O3S. The lowest BCUT2D eigenvalue weighted by molar-refractivity contribution is -0.119. The first-order chi connectivity index (χ1) is 11.0. The summed E-state index contributed by atoms with van der Waals surface area (Å²) in [6.07, 6.45) is 3.44. The number of nitrogens with zero attached hydrogens (tertiary/aromatic N) is 2. The van der Waals surface area contributed by atoms with Gasteiger partial charge in [0.15, 0.2) is 0 Å². The third kappa shape index (κ3) is 2.31. The second-order valence-electron chi connectivity index (χ2n) is 6.25. The molecule has 0 radical (unpaired) electrons. The molecule has 1 unspecified atom stereocenters. The fourth-order valence-electron chi connectivity index (χ4n) is 3.54. The highest BCUT2D eigenvalue weighted by atomic mass is 32.2. The van der Waals surface area contributed by atoms with Gasteiger partial charge in [-0.15, -0.1) is 0 Å². The molecule has 1 spiro atoms. The minimum Gasteiger partial charge on any atom is -0.349 e. The van der Waals surface area contributed by atoms with Gasteiger partial charge < -0.3 is 5.32 Å². The molecule has 1 aromatic carbocycles. The molecule has 1 atom stereocenters. The first kappa shape index (κ1) is 14.6. The van der Waals surface area contributed by atoms with E-state index in [1.54, 1.807) is 24.4 Å². The maximum Gasteiger partial charge on any atom is 0.245 e. The monoisotopic (exact) mass is 331 g/mol. The van der Waals surface area contributed by atoms with Crippen LogP contribution >= 0.6 is 0 Å². The Morgan fingerprint density at radius 2 is 2.00 bits per heavy atom. The number of hydrogen-bond acceptors (Lipinski definition) is 4. The summed E-state index contributed by atoms with van der Waals surface area (Å²) in [4.78, 5) is 16.0. The van der Waals surface area contributed by atoms with Crippen LogP contribution < -0.4 is 5.32 Å². The van der Waals surface area contributed by atoms with Crippen LogP contribution in [0.15, 0.2) is 41.4 Å². The Kier molecular flexibility index (Phi) is 3.18. The molecule has 2 aliphatic heterocycles. The number of para-hydroxylation sites is 1. The summed E-state index contributed by atoms with van der Waals surface area (Å²) in [7, 11) is -3.63.